The van der Waals surface area contributed by atoms with E-state index < -0.39 is 0 Å². The Morgan fingerprint density at radius 2 is 2.12 bits per heavy atom. The van der Waals surface area contributed by atoms with Crippen LogP contribution in [0.2, 0.25) is 0 Å². The molecule has 0 radical (unpaired) electrons. The molecule has 2 heteroatoms. The van der Waals surface area contributed by atoms with Gasteiger partial charge in [-0.05, 0) is 17.6 Å². The van der Waals surface area contributed by atoms with Crippen molar-refractivity contribution in [2.45, 2.75) is 12.5 Å². The van der Waals surface area contributed by atoms with Gasteiger partial charge >= 0.3 is 0 Å². The molecule has 1 atom stereocenters. The van der Waals surface area contributed by atoms with E-state index in [0.29, 0.717) is 0 Å². The maximum absolute atomic E-state index is 6.12. The maximum atomic E-state index is 6.12. The highest BCUT2D eigenvalue weighted by molar-refractivity contribution is 5.79. The Labute approximate surface area is 97.2 Å². The first kappa shape index (κ1) is 12.4. The summed E-state index contributed by atoms with van der Waals surface area (Å²) in [6, 6.07) is 10.1. The molecule has 1 aromatic rings. The number of rotatable bonds is 5. The molecule has 0 spiro atoms. The van der Waals surface area contributed by atoms with Crippen molar-refractivity contribution in [2.24, 2.45) is 10.7 Å². The number of nitrogens with two attached hydrogens (primary N) is 1. The van der Waals surface area contributed by atoms with E-state index in [2.05, 4.69) is 11.6 Å². The summed E-state index contributed by atoms with van der Waals surface area (Å²) in [6.07, 6.45) is 6.29. The predicted molar refractivity (Wildman–Crippen MR) is 70.7 cm³/mol. The lowest BCUT2D eigenvalue weighted by Crippen LogP contribution is -2.11. The van der Waals surface area contributed by atoms with Gasteiger partial charge in [-0.25, -0.2) is 0 Å². The average Bonchev–Trinajstić information content (AvgIpc) is 2.31. The summed E-state index contributed by atoms with van der Waals surface area (Å²) in [5, 5.41) is 0. The van der Waals surface area contributed by atoms with E-state index in [1.807, 2.05) is 42.6 Å². The van der Waals surface area contributed by atoms with Crippen molar-refractivity contribution in [3.8, 4) is 0 Å². The Kier molecular flexibility index (Phi) is 5.23. The van der Waals surface area contributed by atoms with Crippen LogP contribution in [0.5, 0.6) is 0 Å². The summed E-state index contributed by atoms with van der Waals surface area (Å²) in [5.74, 6) is 0. The van der Waals surface area contributed by atoms with E-state index >= 15 is 0 Å². The normalized spacial score (nSPS) is 14.0. The van der Waals surface area contributed by atoms with Crippen molar-refractivity contribution in [2.75, 3.05) is 7.05 Å². The Balaban J connectivity index is 2.73. The van der Waals surface area contributed by atoms with Gasteiger partial charge in [0.25, 0.3) is 0 Å². The molecule has 2 N–H and O–H groups in total. The van der Waals surface area contributed by atoms with Gasteiger partial charge in [0.2, 0.25) is 0 Å². The van der Waals surface area contributed by atoms with E-state index in [0.717, 1.165) is 17.6 Å². The van der Waals surface area contributed by atoms with Crippen LogP contribution in [0.25, 0.3) is 0 Å². The maximum Gasteiger partial charge on any atom is 0.0336 e. The van der Waals surface area contributed by atoms with Gasteiger partial charge in [0.1, 0.15) is 0 Å². The predicted octanol–water partition coefficient (Wildman–Crippen LogP) is 2.89. The molecule has 1 aromatic carbocycles. The molecular weight excluding hydrogens is 196 g/mol. The zero-order valence-electron chi connectivity index (χ0n) is 9.63. The molecule has 84 valence electrons. The molecule has 16 heavy (non-hydrogen) atoms. The summed E-state index contributed by atoms with van der Waals surface area (Å²) >= 11 is 0. The summed E-state index contributed by atoms with van der Waals surface area (Å²) in [7, 11) is 1.75. The Bertz CT molecular complexity index is 377. The second-order valence-electron chi connectivity index (χ2n) is 3.59. The number of nitrogens with zero attached hydrogens (tertiary/aromatic N) is 1. The molecule has 0 aromatic heterocycles. The first-order valence-electron chi connectivity index (χ1n) is 5.32. The van der Waals surface area contributed by atoms with E-state index in [4.69, 9.17) is 5.73 Å². The van der Waals surface area contributed by atoms with Crippen molar-refractivity contribution in [3.05, 3.63) is 60.2 Å². The van der Waals surface area contributed by atoms with Crippen LogP contribution in [0.4, 0.5) is 0 Å². The third-order valence-corrected chi connectivity index (χ3v) is 2.31. The molecule has 0 aliphatic heterocycles. The molecule has 0 aliphatic rings. The molecular formula is C14H18N2. The van der Waals surface area contributed by atoms with Crippen LogP contribution >= 0.6 is 0 Å². The Hall–Kier alpha value is -1.67. The minimum atomic E-state index is 0.00500. The minimum absolute atomic E-state index is 0.00500. The van der Waals surface area contributed by atoms with Crippen LogP contribution in [0.1, 0.15) is 18.0 Å². The van der Waals surface area contributed by atoms with Gasteiger partial charge in [-0.15, -0.1) is 0 Å². The molecule has 0 fully saturated rings. The van der Waals surface area contributed by atoms with Gasteiger partial charge in [0.05, 0.1) is 0 Å². The summed E-state index contributed by atoms with van der Waals surface area (Å²) in [6.45, 7) is 3.68. The fourth-order valence-electron chi connectivity index (χ4n) is 1.55. The Morgan fingerprint density at radius 3 is 2.69 bits per heavy atom. The molecule has 0 heterocycles. The number of hydrogen-bond donors (Lipinski definition) is 1. The first-order valence-corrected chi connectivity index (χ1v) is 5.32. The van der Waals surface area contributed by atoms with Crippen LogP contribution < -0.4 is 5.73 Å². The highest BCUT2D eigenvalue weighted by atomic mass is 14.7. The van der Waals surface area contributed by atoms with Gasteiger partial charge in [0.15, 0.2) is 0 Å². The third kappa shape index (κ3) is 3.83. The first-order chi connectivity index (χ1) is 7.77. The molecule has 0 aliphatic carbocycles. The second-order valence-corrected chi connectivity index (χ2v) is 3.59. The minimum Gasteiger partial charge on any atom is -0.324 e. The SMILES string of the molecule is C=C/C=C(\C=NC)CC(N)c1ccccc1. The second kappa shape index (κ2) is 6.75. The number of aliphatic imine (C=N–C) groups is 1. The number of benzene rings is 1. The Morgan fingerprint density at radius 1 is 1.44 bits per heavy atom. The molecule has 0 saturated carbocycles. The van der Waals surface area contributed by atoms with Gasteiger partial charge < -0.3 is 5.73 Å². The summed E-state index contributed by atoms with van der Waals surface area (Å²) in [5.41, 5.74) is 8.35. The highest BCUT2D eigenvalue weighted by Crippen LogP contribution is 2.17. The average molecular weight is 214 g/mol. The monoisotopic (exact) mass is 214 g/mol. The highest BCUT2D eigenvalue weighted by Gasteiger charge is 2.06. The van der Waals surface area contributed by atoms with E-state index in [1.165, 1.54) is 0 Å². The van der Waals surface area contributed by atoms with Crippen LogP contribution in [0, 0.1) is 0 Å². The smallest absolute Gasteiger partial charge is 0.0336 e. The fourth-order valence-corrected chi connectivity index (χ4v) is 1.55. The van der Waals surface area contributed by atoms with Crippen LogP contribution in [0.3, 0.4) is 0 Å². The fraction of sp³-hybridized carbons (Fsp3) is 0.214. The number of hydrogen-bond acceptors (Lipinski definition) is 2. The van der Waals surface area contributed by atoms with Crippen molar-refractivity contribution in [1.29, 1.82) is 0 Å². The third-order valence-electron chi connectivity index (χ3n) is 2.31. The molecule has 1 rings (SSSR count). The van der Waals surface area contributed by atoms with Gasteiger partial charge in [0, 0.05) is 19.3 Å². The van der Waals surface area contributed by atoms with E-state index in [1.54, 1.807) is 13.1 Å². The molecule has 2 nitrogen and oxygen atoms in total. The van der Waals surface area contributed by atoms with Gasteiger partial charge in [-0.1, -0.05) is 49.1 Å². The topological polar surface area (TPSA) is 38.4 Å². The summed E-state index contributed by atoms with van der Waals surface area (Å²) < 4.78 is 0. The lowest BCUT2D eigenvalue weighted by atomic mass is 10.00. The van der Waals surface area contributed by atoms with Gasteiger partial charge in [-0.2, -0.15) is 0 Å². The quantitative estimate of drug-likeness (QED) is 0.594. The summed E-state index contributed by atoms with van der Waals surface area (Å²) in [4.78, 5) is 4.00. The van der Waals surface area contributed by atoms with Crippen LogP contribution in [-0.4, -0.2) is 13.3 Å². The van der Waals surface area contributed by atoms with E-state index in [9.17, 15) is 0 Å². The molecule has 1 unspecified atom stereocenters. The van der Waals surface area contributed by atoms with Crippen LogP contribution in [0.15, 0.2) is 59.6 Å². The number of allylic oxidation sites excluding steroid dienone is 2. The van der Waals surface area contributed by atoms with Crippen molar-refractivity contribution < 1.29 is 0 Å². The molecule has 0 saturated heterocycles. The van der Waals surface area contributed by atoms with Crippen molar-refractivity contribution >= 4 is 6.21 Å². The van der Waals surface area contributed by atoms with E-state index in [-0.39, 0.29) is 6.04 Å². The largest absolute Gasteiger partial charge is 0.324 e. The lowest BCUT2D eigenvalue weighted by molar-refractivity contribution is 0.731. The van der Waals surface area contributed by atoms with Crippen molar-refractivity contribution in [1.82, 2.24) is 0 Å². The van der Waals surface area contributed by atoms with Crippen LogP contribution in [-0.2, 0) is 0 Å². The lowest BCUT2D eigenvalue weighted by Gasteiger charge is -2.11. The zero-order chi connectivity index (χ0) is 11.8. The molecule has 0 amide bonds. The molecule has 0 bridgehead atoms. The zero-order valence-corrected chi connectivity index (χ0v) is 9.63. The van der Waals surface area contributed by atoms with Gasteiger partial charge in [-0.3, -0.25) is 4.99 Å². The standard InChI is InChI=1S/C14H18N2/c1-3-7-12(11-16-2)10-14(15)13-8-5-4-6-9-13/h3-9,11,14H,1,10,15H2,2H3/b12-7-,16-11?. The van der Waals surface area contributed by atoms with Crippen molar-refractivity contribution in [3.63, 3.8) is 0 Å².